The number of hydrogen-bond donors (Lipinski definition) is 0. The van der Waals surface area contributed by atoms with E-state index in [2.05, 4.69) is 0 Å². The maximum Gasteiger partial charge on any atom is 0.420 e. The van der Waals surface area contributed by atoms with Gasteiger partial charge >= 0.3 is 12.2 Å². The molecular weight excluding hydrogens is 258 g/mol. The molecule has 0 radical (unpaired) electrons. The third kappa shape index (κ3) is 8.56. The lowest BCUT2D eigenvalue weighted by Crippen LogP contribution is -2.43. The van der Waals surface area contributed by atoms with Crippen molar-refractivity contribution in [2.24, 2.45) is 0 Å². The minimum atomic E-state index is -0.701. The molecule has 5 heteroatoms. The molecule has 0 saturated carbocycles. The van der Waals surface area contributed by atoms with Crippen molar-refractivity contribution in [2.75, 3.05) is 6.54 Å². The van der Waals surface area contributed by atoms with E-state index < -0.39 is 23.4 Å². The van der Waals surface area contributed by atoms with Crippen molar-refractivity contribution < 1.29 is 19.1 Å². The fourth-order valence-electron chi connectivity index (χ4n) is 1.20. The number of imide groups is 1. The van der Waals surface area contributed by atoms with Crippen molar-refractivity contribution in [1.82, 2.24) is 4.90 Å². The molecule has 0 spiro atoms. The van der Waals surface area contributed by atoms with E-state index in [0.29, 0.717) is 0 Å². The summed E-state index contributed by atoms with van der Waals surface area (Å²) in [5.74, 6) is 0. The molecule has 0 atom stereocenters. The molecule has 0 aromatic rings. The van der Waals surface area contributed by atoms with Gasteiger partial charge in [0.05, 0.1) is 6.54 Å². The highest BCUT2D eigenvalue weighted by atomic mass is 16.6. The minimum Gasteiger partial charge on any atom is -0.443 e. The van der Waals surface area contributed by atoms with Crippen molar-refractivity contribution in [1.29, 1.82) is 0 Å². The first-order valence-electron chi connectivity index (χ1n) is 6.85. The zero-order valence-corrected chi connectivity index (χ0v) is 13.6. The Bertz CT molecular complexity index is 333. The molecule has 0 N–H and O–H groups in total. The Labute approximate surface area is 121 Å². The molecular formula is C15H27NO4. The summed E-state index contributed by atoms with van der Waals surface area (Å²) >= 11 is 0. The first-order valence-corrected chi connectivity index (χ1v) is 6.85. The summed E-state index contributed by atoms with van der Waals surface area (Å²) in [6.45, 7) is 12.6. The Morgan fingerprint density at radius 1 is 0.900 bits per heavy atom. The first-order chi connectivity index (χ1) is 8.96. The van der Waals surface area contributed by atoms with Crippen LogP contribution in [0.5, 0.6) is 0 Å². The molecule has 0 fully saturated rings. The summed E-state index contributed by atoms with van der Waals surface area (Å²) < 4.78 is 10.4. The van der Waals surface area contributed by atoms with E-state index >= 15 is 0 Å². The third-order valence-electron chi connectivity index (χ3n) is 1.92. The van der Waals surface area contributed by atoms with Gasteiger partial charge in [-0.25, -0.2) is 14.5 Å². The van der Waals surface area contributed by atoms with Gasteiger partial charge in [0.15, 0.2) is 0 Å². The third-order valence-corrected chi connectivity index (χ3v) is 1.92. The molecule has 0 aliphatic rings. The average molecular weight is 285 g/mol. The van der Waals surface area contributed by atoms with Crippen LogP contribution in [0.4, 0.5) is 9.59 Å². The van der Waals surface area contributed by atoms with E-state index in [0.717, 1.165) is 11.3 Å². The summed E-state index contributed by atoms with van der Waals surface area (Å²) in [7, 11) is 0. The minimum absolute atomic E-state index is 0.137. The van der Waals surface area contributed by atoms with Gasteiger partial charge in [-0.3, -0.25) is 0 Å². The van der Waals surface area contributed by atoms with Crippen LogP contribution in [-0.4, -0.2) is 34.8 Å². The topological polar surface area (TPSA) is 55.8 Å². The number of carbonyl (C=O) groups excluding carboxylic acids is 2. The largest absolute Gasteiger partial charge is 0.443 e. The van der Waals surface area contributed by atoms with Crippen LogP contribution in [0, 0.1) is 0 Å². The highest BCUT2D eigenvalue weighted by molar-refractivity contribution is 5.88. The van der Waals surface area contributed by atoms with Gasteiger partial charge in [0, 0.05) is 0 Å². The van der Waals surface area contributed by atoms with E-state index in [-0.39, 0.29) is 6.54 Å². The summed E-state index contributed by atoms with van der Waals surface area (Å²) in [4.78, 5) is 25.1. The second-order valence-electron chi connectivity index (χ2n) is 6.45. The van der Waals surface area contributed by atoms with Crippen molar-refractivity contribution in [3.8, 4) is 0 Å². The number of amides is 2. The van der Waals surface area contributed by atoms with Crippen molar-refractivity contribution in [2.45, 2.75) is 66.1 Å². The van der Waals surface area contributed by atoms with Gasteiger partial charge in [-0.05, 0) is 48.0 Å². The molecule has 0 rings (SSSR count). The van der Waals surface area contributed by atoms with Crippen molar-refractivity contribution in [3.05, 3.63) is 12.2 Å². The molecule has 2 amide bonds. The molecule has 5 nitrogen and oxygen atoms in total. The van der Waals surface area contributed by atoms with Crippen LogP contribution in [0.1, 0.15) is 54.9 Å². The predicted molar refractivity (Wildman–Crippen MR) is 78.6 cm³/mol. The Balaban J connectivity index is 4.93. The fourth-order valence-corrected chi connectivity index (χ4v) is 1.20. The van der Waals surface area contributed by atoms with Crippen LogP contribution >= 0.6 is 0 Å². The van der Waals surface area contributed by atoms with Crippen LogP contribution in [0.3, 0.4) is 0 Å². The van der Waals surface area contributed by atoms with Crippen LogP contribution in [0.15, 0.2) is 12.2 Å². The number of allylic oxidation sites excluding steroid dienone is 1. The Hall–Kier alpha value is -1.52. The lowest BCUT2D eigenvalue weighted by Gasteiger charge is -2.28. The standard InChI is InChI=1S/C15H27NO4/c1-8-9-10-11-16(12(17)19-14(2,3)4)13(18)20-15(5,6)7/h9-10H,8,11H2,1-7H3/b10-9+. The van der Waals surface area contributed by atoms with Gasteiger partial charge < -0.3 is 9.47 Å². The lowest BCUT2D eigenvalue weighted by atomic mass is 10.2. The second-order valence-corrected chi connectivity index (χ2v) is 6.45. The van der Waals surface area contributed by atoms with Gasteiger partial charge in [0.1, 0.15) is 11.2 Å². The van der Waals surface area contributed by atoms with Gasteiger partial charge in [0.25, 0.3) is 0 Å². The maximum atomic E-state index is 12.0. The molecule has 116 valence electrons. The summed E-state index contributed by atoms with van der Waals surface area (Å²) in [6.07, 6.45) is 3.05. The number of rotatable bonds is 3. The quantitative estimate of drug-likeness (QED) is 0.732. The molecule has 0 bridgehead atoms. The number of hydrogen-bond acceptors (Lipinski definition) is 4. The van der Waals surface area contributed by atoms with Crippen LogP contribution in [0.2, 0.25) is 0 Å². The van der Waals surface area contributed by atoms with E-state index in [9.17, 15) is 9.59 Å². The summed E-state index contributed by atoms with van der Waals surface area (Å²) in [6, 6.07) is 0. The molecule has 0 aromatic carbocycles. The molecule has 20 heavy (non-hydrogen) atoms. The molecule has 0 unspecified atom stereocenters. The van der Waals surface area contributed by atoms with Crippen molar-refractivity contribution >= 4 is 12.2 Å². The Kier molecular flexibility index (Phi) is 6.76. The molecule has 0 aliphatic carbocycles. The van der Waals surface area contributed by atoms with Gasteiger partial charge in [-0.1, -0.05) is 19.1 Å². The number of nitrogens with zero attached hydrogens (tertiary/aromatic N) is 1. The van der Waals surface area contributed by atoms with Gasteiger partial charge in [0.2, 0.25) is 0 Å². The molecule has 0 aliphatic heterocycles. The SMILES string of the molecule is CC/C=C/CN(C(=O)OC(C)(C)C)C(=O)OC(C)(C)C. The van der Waals surface area contributed by atoms with Crippen molar-refractivity contribution in [3.63, 3.8) is 0 Å². The lowest BCUT2D eigenvalue weighted by molar-refractivity contribution is 0.00373. The average Bonchev–Trinajstić information content (AvgIpc) is 2.18. The van der Waals surface area contributed by atoms with E-state index in [1.54, 1.807) is 47.6 Å². The van der Waals surface area contributed by atoms with E-state index in [4.69, 9.17) is 9.47 Å². The Morgan fingerprint density at radius 2 is 1.30 bits per heavy atom. The number of carbonyl (C=O) groups is 2. The zero-order valence-electron chi connectivity index (χ0n) is 13.6. The van der Waals surface area contributed by atoms with Crippen LogP contribution in [-0.2, 0) is 9.47 Å². The summed E-state index contributed by atoms with van der Waals surface area (Å²) in [5, 5.41) is 0. The van der Waals surface area contributed by atoms with Gasteiger partial charge in [-0.15, -0.1) is 0 Å². The first kappa shape index (κ1) is 18.5. The van der Waals surface area contributed by atoms with E-state index in [1.165, 1.54) is 0 Å². The smallest absolute Gasteiger partial charge is 0.420 e. The second kappa shape index (κ2) is 7.31. The summed E-state index contributed by atoms with van der Waals surface area (Å²) in [5.41, 5.74) is -1.32. The fraction of sp³-hybridized carbons (Fsp3) is 0.733. The monoisotopic (exact) mass is 285 g/mol. The van der Waals surface area contributed by atoms with Crippen LogP contribution < -0.4 is 0 Å². The number of ether oxygens (including phenoxy) is 2. The maximum absolute atomic E-state index is 12.0. The predicted octanol–water partition coefficient (Wildman–Crippen LogP) is 4.12. The molecule has 0 saturated heterocycles. The van der Waals surface area contributed by atoms with Crippen LogP contribution in [0.25, 0.3) is 0 Å². The highest BCUT2D eigenvalue weighted by Crippen LogP contribution is 2.14. The molecule has 0 heterocycles. The van der Waals surface area contributed by atoms with Gasteiger partial charge in [-0.2, -0.15) is 0 Å². The highest BCUT2D eigenvalue weighted by Gasteiger charge is 2.30. The van der Waals surface area contributed by atoms with E-state index in [1.807, 2.05) is 13.0 Å². The Morgan fingerprint density at radius 3 is 1.60 bits per heavy atom. The normalized spacial score (nSPS) is 12.3. The molecule has 0 aromatic heterocycles. The zero-order chi connectivity index (χ0) is 16.0.